The number of benzene rings is 2. The molecular weight excluding hydrogens is 380 g/mol. The highest BCUT2D eigenvalue weighted by atomic mass is 32.2. The van der Waals surface area contributed by atoms with E-state index in [0.717, 1.165) is 23.3 Å². The average molecular weight is 413 g/mol. The van der Waals surface area contributed by atoms with Gasteiger partial charge in [0.05, 0.1) is 5.75 Å². The molecule has 0 spiro atoms. The van der Waals surface area contributed by atoms with Crippen molar-refractivity contribution in [2.75, 3.05) is 12.3 Å². The van der Waals surface area contributed by atoms with Crippen LogP contribution in [0.4, 0.5) is 0 Å². The van der Waals surface area contributed by atoms with Gasteiger partial charge in [-0.3, -0.25) is 9.59 Å². The van der Waals surface area contributed by atoms with Gasteiger partial charge in [-0.25, -0.2) is 0 Å². The molecule has 0 radical (unpaired) electrons. The van der Waals surface area contributed by atoms with E-state index >= 15 is 0 Å². The van der Waals surface area contributed by atoms with Crippen molar-refractivity contribution in [3.05, 3.63) is 70.8 Å². The molecule has 156 valence electrons. The van der Waals surface area contributed by atoms with Gasteiger partial charge in [-0.15, -0.1) is 11.8 Å². The zero-order valence-electron chi connectivity index (χ0n) is 17.9. The lowest BCUT2D eigenvalue weighted by atomic mass is 10.1. The van der Waals surface area contributed by atoms with E-state index in [1.807, 2.05) is 51.1 Å². The summed E-state index contributed by atoms with van der Waals surface area (Å²) in [5.74, 6) is 1.02. The topological polar surface area (TPSA) is 49.4 Å². The molecule has 1 unspecified atom stereocenters. The van der Waals surface area contributed by atoms with E-state index in [-0.39, 0.29) is 11.8 Å². The molecule has 0 fully saturated rings. The van der Waals surface area contributed by atoms with Crippen molar-refractivity contribution < 1.29 is 9.59 Å². The minimum atomic E-state index is -0.506. The first-order valence-electron chi connectivity index (χ1n) is 10.2. The summed E-state index contributed by atoms with van der Waals surface area (Å²) in [6.45, 7) is 9.00. The Morgan fingerprint density at radius 1 is 1.10 bits per heavy atom. The van der Waals surface area contributed by atoms with Crippen LogP contribution in [0.25, 0.3) is 0 Å². The quantitative estimate of drug-likeness (QED) is 0.626. The first-order chi connectivity index (χ1) is 13.9. The zero-order valence-corrected chi connectivity index (χ0v) is 18.7. The number of amides is 2. The summed E-state index contributed by atoms with van der Waals surface area (Å²) in [7, 11) is 0. The molecule has 2 amide bonds. The van der Waals surface area contributed by atoms with E-state index in [2.05, 4.69) is 30.4 Å². The Morgan fingerprint density at radius 2 is 1.86 bits per heavy atom. The van der Waals surface area contributed by atoms with Crippen LogP contribution in [0.1, 0.15) is 42.5 Å². The van der Waals surface area contributed by atoms with Gasteiger partial charge in [0.2, 0.25) is 11.8 Å². The predicted molar refractivity (Wildman–Crippen MR) is 122 cm³/mol. The summed E-state index contributed by atoms with van der Waals surface area (Å²) in [5, 5.41) is 2.92. The van der Waals surface area contributed by atoms with Crippen molar-refractivity contribution in [1.82, 2.24) is 10.2 Å². The summed E-state index contributed by atoms with van der Waals surface area (Å²) in [4.78, 5) is 27.3. The minimum absolute atomic E-state index is 0.00921. The standard InChI is InChI=1S/C24H32N2O2S/c1-5-13-25-24(28)20(4)26(15-22-12-7-6-10-19(22)3)23(27)17-29-16-21-11-8-9-18(2)14-21/h6-12,14,20H,5,13,15-17H2,1-4H3,(H,25,28). The molecule has 0 aliphatic carbocycles. The lowest BCUT2D eigenvalue weighted by Crippen LogP contribution is -2.48. The number of carbonyl (C=O) groups excluding carboxylic acids is 2. The molecule has 0 aliphatic rings. The van der Waals surface area contributed by atoms with Crippen molar-refractivity contribution in [2.45, 2.75) is 52.5 Å². The van der Waals surface area contributed by atoms with Crippen LogP contribution in [0.3, 0.4) is 0 Å². The molecule has 0 saturated heterocycles. The third kappa shape index (κ3) is 7.24. The van der Waals surface area contributed by atoms with Gasteiger partial charge in [0.25, 0.3) is 0 Å². The van der Waals surface area contributed by atoms with E-state index in [0.29, 0.717) is 18.8 Å². The second-order valence-corrected chi connectivity index (χ2v) is 8.38. The maximum absolute atomic E-state index is 13.1. The number of aryl methyl sites for hydroxylation is 2. The molecule has 2 aromatic carbocycles. The van der Waals surface area contributed by atoms with Gasteiger partial charge in [-0.2, -0.15) is 0 Å². The van der Waals surface area contributed by atoms with Crippen molar-refractivity contribution >= 4 is 23.6 Å². The van der Waals surface area contributed by atoms with Crippen molar-refractivity contribution in [2.24, 2.45) is 0 Å². The van der Waals surface area contributed by atoms with Crippen molar-refractivity contribution in [1.29, 1.82) is 0 Å². The monoisotopic (exact) mass is 412 g/mol. The lowest BCUT2D eigenvalue weighted by molar-refractivity contribution is -0.138. The first-order valence-corrected chi connectivity index (χ1v) is 11.3. The Bertz CT molecular complexity index is 822. The summed E-state index contributed by atoms with van der Waals surface area (Å²) >= 11 is 1.59. The molecule has 0 heterocycles. The van der Waals surface area contributed by atoms with Crippen LogP contribution in [0.5, 0.6) is 0 Å². The van der Waals surface area contributed by atoms with Gasteiger partial charge in [0.15, 0.2) is 0 Å². The normalized spacial score (nSPS) is 11.7. The predicted octanol–water partition coefficient (Wildman–Crippen LogP) is 4.48. The Balaban J connectivity index is 2.07. The van der Waals surface area contributed by atoms with Crippen LogP contribution in [0.2, 0.25) is 0 Å². The molecule has 4 nitrogen and oxygen atoms in total. The molecule has 0 saturated carbocycles. The molecule has 0 bridgehead atoms. The number of hydrogen-bond acceptors (Lipinski definition) is 3. The number of carbonyl (C=O) groups is 2. The van der Waals surface area contributed by atoms with Crippen LogP contribution in [0.15, 0.2) is 48.5 Å². The molecule has 2 aromatic rings. The number of rotatable bonds is 10. The fourth-order valence-electron chi connectivity index (χ4n) is 3.09. The van der Waals surface area contributed by atoms with Gasteiger partial charge < -0.3 is 10.2 Å². The molecule has 5 heteroatoms. The minimum Gasteiger partial charge on any atom is -0.354 e. The Morgan fingerprint density at radius 3 is 2.55 bits per heavy atom. The number of thioether (sulfide) groups is 1. The van der Waals surface area contributed by atoms with Crippen molar-refractivity contribution in [3.63, 3.8) is 0 Å². The Hall–Kier alpha value is -2.27. The maximum atomic E-state index is 13.1. The summed E-state index contributed by atoms with van der Waals surface area (Å²) in [5.41, 5.74) is 4.62. The third-order valence-electron chi connectivity index (χ3n) is 4.90. The fraction of sp³-hybridized carbons (Fsp3) is 0.417. The highest BCUT2D eigenvalue weighted by molar-refractivity contribution is 7.99. The van der Waals surface area contributed by atoms with Gasteiger partial charge in [0, 0.05) is 18.8 Å². The number of hydrogen-bond donors (Lipinski definition) is 1. The summed E-state index contributed by atoms with van der Waals surface area (Å²) in [6.07, 6.45) is 0.872. The van der Waals surface area contributed by atoms with Crippen molar-refractivity contribution in [3.8, 4) is 0 Å². The summed E-state index contributed by atoms with van der Waals surface area (Å²) in [6, 6.07) is 15.8. The van der Waals surface area contributed by atoms with Gasteiger partial charge in [-0.1, -0.05) is 61.0 Å². The Labute approximate surface area is 179 Å². The largest absolute Gasteiger partial charge is 0.354 e. The highest BCUT2D eigenvalue weighted by Gasteiger charge is 2.26. The van der Waals surface area contributed by atoms with Gasteiger partial charge in [0.1, 0.15) is 6.04 Å². The fourth-order valence-corrected chi connectivity index (χ4v) is 3.95. The van der Waals surface area contributed by atoms with Crippen LogP contribution in [-0.2, 0) is 21.9 Å². The first kappa shape index (κ1) is 23.0. The second kappa shape index (κ2) is 11.7. The molecule has 1 N–H and O–H groups in total. The van der Waals surface area contributed by atoms with Crippen LogP contribution in [0, 0.1) is 13.8 Å². The number of nitrogens with one attached hydrogen (secondary N) is 1. The van der Waals surface area contributed by atoms with Crippen LogP contribution < -0.4 is 5.32 Å². The lowest BCUT2D eigenvalue weighted by Gasteiger charge is -2.29. The highest BCUT2D eigenvalue weighted by Crippen LogP contribution is 2.18. The average Bonchev–Trinajstić information content (AvgIpc) is 2.71. The SMILES string of the molecule is CCCNC(=O)C(C)N(Cc1ccccc1C)C(=O)CSCc1cccc(C)c1. The van der Waals surface area contributed by atoms with E-state index < -0.39 is 6.04 Å². The molecule has 2 rings (SSSR count). The van der Waals surface area contributed by atoms with E-state index in [1.54, 1.807) is 16.7 Å². The van der Waals surface area contributed by atoms with Gasteiger partial charge >= 0.3 is 0 Å². The number of nitrogens with zero attached hydrogens (tertiary/aromatic N) is 1. The van der Waals surface area contributed by atoms with Crippen LogP contribution in [-0.4, -0.2) is 35.1 Å². The molecule has 0 aliphatic heterocycles. The zero-order chi connectivity index (χ0) is 21.2. The van der Waals surface area contributed by atoms with Crippen LogP contribution >= 0.6 is 11.8 Å². The van der Waals surface area contributed by atoms with E-state index in [4.69, 9.17) is 0 Å². The molecule has 29 heavy (non-hydrogen) atoms. The maximum Gasteiger partial charge on any atom is 0.242 e. The smallest absolute Gasteiger partial charge is 0.242 e. The Kier molecular flexibility index (Phi) is 9.26. The molecule has 1 atom stereocenters. The molecule has 0 aromatic heterocycles. The summed E-state index contributed by atoms with van der Waals surface area (Å²) < 4.78 is 0. The third-order valence-corrected chi connectivity index (χ3v) is 5.88. The van der Waals surface area contributed by atoms with E-state index in [1.165, 1.54) is 11.1 Å². The van der Waals surface area contributed by atoms with Gasteiger partial charge in [-0.05, 0) is 43.9 Å². The molecular formula is C24H32N2O2S. The van der Waals surface area contributed by atoms with E-state index in [9.17, 15) is 9.59 Å². The second-order valence-electron chi connectivity index (χ2n) is 7.40.